The van der Waals surface area contributed by atoms with Crippen LogP contribution in [0.1, 0.15) is 28.3 Å². The molecular formula is C18H17NO4S3. The van der Waals surface area contributed by atoms with Gasteiger partial charge in [-0.25, -0.2) is 13.1 Å². The number of nitrogens with one attached hydrogen (secondary N) is 1. The van der Waals surface area contributed by atoms with Crippen LogP contribution in [0.5, 0.6) is 0 Å². The predicted octanol–water partition coefficient (Wildman–Crippen LogP) is 3.69. The number of hydrogen-bond acceptors (Lipinski definition) is 6. The summed E-state index contributed by atoms with van der Waals surface area (Å²) in [5, 5.41) is 12.3. The number of benzene rings is 1. The summed E-state index contributed by atoms with van der Waals surface area (Å²) in [7, 11) is -3.81. The summed E-state index contributed by atoms with van der Waals surface area (Å²) in [4.78, 5) is 14.3. The Kier molecular flexibility index (Phi) is 5.69. The van der Waals surface area contributed by atoms with Gasteiger partial charge in [0.2, 0.25) is 10.0 Å². The van der Waals surface area contributed by atoms with Crippen molar-refractivity contribution in [2.75, 3.05) is 6.54 Å². The van der Waals surface area contributed by atoms with E-state index in [0.717, 1.165) is 9.75 Å². The first-order valence-electron chi connectivity index (χ1n) is 7.79. The fourth-order valence-corrected chi connectivity index (χ4v) is 5.25. The molecule has 3 rings (SSSR count). The summed E-state index contributed by atoms with van der Waals surface area (Å²) in [6.07, 6.45) is -0.945. The van der Waals surface area contributed by atoms with E-state index in [1.165, 1.54) is 36.5 Å². The molecule has 0 bridgehead atoms. The number of hydrogen-bond donors (Lipinski definition) is 2. The van der Waals surface area contributed by atoms with E-state index in [4.69, 9.17) is 0 Å². The largest absolute Gasteiger partial charge is 0.386 e. The van der Waals surface area contributed by atoms with E-state index in [9.17, 15) is 18.3 Å². The van der Waals surface area contributed by atoms with Gasteiger partial charge in [0.1, 0.15) is 6.10 Å². The molecule has 0 fully saturated rings. The molecule has 0 amide bonds. The summed E-state index contributed by atoms with van der Waals surface area (Å²) in [5.41, 5.74) is 0.326. The molecule has 0 radical (unpaired) electrons. The summed E-state index contributed by atoms with van der Waals surface area (Å²) in [6.45, 7) is 1.24. The second-order valence-electron chi connectivity index (χ2n) is 5.63. The lowest BCUT2D eigenvalue weighted by Crippen LogP contribution is -2.28. The van der Waals surface area contributed by atoms with Gasteiger partial charge in [0.15, 0.2) is 5.78 Å². The third-order valence-corrected chi connectivity index (χ3v) is 7.41. The van der Waals surface area contributed by atoms with Crippen LogP contribution in [-0.4, -0.2) is 25.9 Å². The topological polar surface area (TPSA) is 83.5 Å². The molecule has 0 aliphatic carbocycles. The Morgan fingerprint density at radius 1 is 1.15 bits per heavy atom. The Balaban J connectivity index is 1.69. The van der Waals surface area contributed by atoms with Crippen LogP contribution in [0.4, 0.5) is 0 Å². The minimum atomic E-state index is -3.81. The van der Waals surface area contributed by atoms with Crippen molar-refractivity contribution in [1.82, 2.24) is 4.72 Å². The van der Waals surface area contributed by atoms with Crippen molar-refractivity contribution >= 4 is 38.5 Å². The number of sulfonamides is 1. The molecule has 1 atom stereocenters. The summed E-state index contributed by atoms with van der Waals surface area (Å²) < 4.78 is 27.2. The van der Waals surface area contributed by atoms with Crippen LogP contribution >= 0.6 is 22.7 Å². The average molecular weight is 408 g/mol. The maximum atomic E-state index is 12.4. The molecule has 2 aromatic heterocycles. The van der Waals surface area contributed by atoms with Gasteiger partial charge in [-0.1, -0.05) is 18.2 Å². The van der Waals surface area contributed by atoms with Gasteiger partial charge in [0, 0.05) is 26.7 Å². The molecule has 3 aromatic rings. The third kappa shape index (κ3) is 4.28. The maximum absolute atomic E-state index is 12.4. The molecule has 136 valence electrons. The van der Waals surface area contributed by atoms with Gasteiger partial charge < -0.3 is 5.11 Å². The Morgan fingerprint density at radius 3 is 2.65 bits per heavy atom. The molecule has 1 aromatic carbocycles. The zero-order valence-electron chi connectivity index (χ0n) is 13.9. The van der Waals surface area contributed by atoms with Gasteiger partial charge in [-0.3, -0.25) is 4.79 Å². The Bertz CT molecular complexity index is 1010. The number of aliphatic hydroxyl groups is 1. The van der Waals surface area contributed by atoms with Crippen LogP contribution in [0.25, 0.3) is 9.75 Å². The van der Waals surface area contributed by atoms with Crippen LogP contribution in [-0.2, 0) is 10.0 Å². The highest BCUT2D eigenvalue weighted by Gasteiger charge is 2.19. The minimum Gasteiger partial charge on any atom is -0.386 e. The zero-order valence-corrected chi connectivity index (χ0v) is 16.3. The lowest BCUT2D eigenvalue weighted by molar-refractivity contribution is 0.101. The molecular weight excluding hydrogens is 390 g/mol. The van der Waals surface area contributed by atoms with Crippen molar-refractivity contribution in [2.24, 2.45) is 0 Å². The highest BCUT2D eigenvalue weighted by molar-refractivity contribution is 7.89. The fourth-order valence-electron chi connectivity index (χ4n) is 2.34. The predicted molar refractivity (Wildman–Crippen MR) is 104 cm³/mol. The molecule has 1 unspecified atom stereocenters. The van der Waals surface area contributed by atoms with Crippen LogP contribution in [0.15, 0.2) is 58.8 Å². The number of aliphatic hydroxyl groups excluding tert-OH is 1. The molecule has 0 spiro atoms. The molecule has 0 aliphatic heterocycles. The second kappa shape index (κ2) is 7.81. The van der Waals surface area contributed by atoms with Crippen LogP contribution in [0.2, 0.25) is 0 Å². The van der Waals surface area contributed by atoms with Gasteiger partial charge in [-0.2, -0.15) is 0 Å². The lowest BCUT2D eigenvalue weighted by atomic mass is 10.2. The Hall–Kier alpha value is -1.84. The van der Waals surface area contributed by atoms with Crippen molar-refractivity contribution in [3.05, 3.63) is 64.4 Å². The number of carbonyl (C=O) groups is 1. The molecule has 26 heavy (non-hydrogen) atoms. The SMILES string of the molecule is CC(=O)c1cccc(S(=O)(=O)NCC(O)c2ccc(-c3cccs3)s2)c1. The third-order valence-electron chi connectivity index (χ3n) is 3.74. The molecule has 5 nitrogen and oxygen atoms in total. The average Bonchev–Trinajstić information content (AvgIpc) is 3.31. The van der Waals surface area contributed by atoms with E-state index in [1.54, 1.807) is 23.5 Å². The summed E-state index contributed by atoms with van der Waals surface area (Å²) in [6, 6.07) is 13.5. The van der Waals surface area contributed by atoms with E-state index in [1.807, 2.05) is 23.6 Å². The van der Waals surface area contributed by atoms with Gasteiger partial charge in [-0.15, -0.1) is 22.7 Å². The first kappa shape index (κ1) is 18.9. The van der Waals surface area contributed by atoms with Gasteiger partial charge in [0.25, 0.3) is 0 Å². The van der Waals surface area contributed by atoms with Gasteiger partial charge in [-0.05, 0) is 42.6 Å². The highest BCUT2D eigenvalue weighted by atomic mass is 32.2. The Labute approximate surface area is 160 Å². The number of thiophene rings is 2. The van der Waals surface area contributed by atoms with Crippen LogP contribution in [0.3, 0.4) is 0 Å². The molecule has 2 N–H and O–H groups in total. The van der Waals surface area contributed by atoms with E-state index in [2.05, 4.69) is 4.72 Å². The number of Topliss-reactive ketones (excluding diaryl/α,β-unsaturated/α-hetero) is 1. The molecule has 0 aliphatic rings. The van der Waals surface area contributed by atoms with Crippen molar-refractivity contribution in [3.8, 4) is 9.75 Å². The molecule has 0 saturated carbocycles. The molecule has 8 heteroatoms. The highest BCUT2D eigenvalue weighted by Crippen LogP contribution is 2.33. The Morgan fingerprint density at radius 2 is 1.96 bits per heavy atom. The quantitative estimate of drug-likeness (QED) is 0.585. The lowest BCUT2D eigenvalue weighted by Gasteiger charge is -2.11. The molecule has 2 heterocycles. The van der Waals surface area contributed by atoms with Crippen molar-refractivity contribution in [3.63, 3.8) is 0 Å². The van der Waals surface area contributed by atoms with Crippen LogP contribution in [0, 0.1) is 0 Å². The van der Waals surface area contributed by atoms with E-state index in [-0.39, 0.29) is 17.2 Å². The van der Waals surface area contributed by atoms with Crippen LogP contribution < -0.4 is 4.72 Å². The normalized spacial score (nSPS) is 12.8. The minimum absolute atomic E-state index is 0.00264. The second-order valence-corrected chi connectivity index (χ2v) is 9.46. The summed E-state index contributed by atoms with van der Waals surface area (Å²) >= 11 is 3.04. The number of rotatable bonds is 7. The van der Waals surface area contributed by atoms with E-state index < -0.39 is 16.1 Å². The summed E-state index contributed by atoms with van der Waals surface area (Å²) in [5.74, 6) is -0.207. The van der Waals surface area contributed by atoms with Crippen molar-refractivity contribution in [2.45, 2.75) is 17.9 Å². The number of carbonyl (C=O) groups excluding carboxylic acids is 1. The first-order valence-corrected chi connectivity index (χ1v) is 11.0. The standard InChI is InChI=1S/C18H17NO4S3/c1-12(20)13-4-2-5-14(10-13)26(22,23)19-11-15(21)16-7-8-18(25-16)17-6-3-9-24-17/h2-10,15,19,21H,11H2,1H3. The van der Waals surface area contributed by atoms with Crippen molar-refractivity contribution in [1.29, 1.82) is 0 Å². The molecule has 0 saturated heterocycles. The van der Waals surface area contributed by atoms with Gasteiger partial charge in [0.05, 0.1) is 4.90 Å². The smallest absolute Gasteiger partial charge is 0.240 e. The monoisotopic (exact) mass is 407 g/mol. The van der Waals surface area contributed by atoms with Gasteiger partial charge >= 0.3 is 0 Å². The zero-order chi connectivity index (χ0) is 18.7. The van der Waals surface area contributed by atoms with E-state index >= 15 is 0 Å². The van der Waals surface area contributed by atoms with E-state index in [0.29, 0.717) is 10.4 Å². The number of ketones is 1. The fraction of sp³-hybridized carbons (Fsp3) is 0.167. The van der Waals surface area contributed by atoms with Crippen molar-refractivity contribution < 1.29 is 18.3 Å². The maximum Gasteiger partial charge on any atom is 0.240 e. The first-order chi connectivity index (χ1) is 12.4.